The third-order valence-electron chi connectivity index (χ3n) is 4.86. The second-order valence-electron chi connectivity index (χ2n) is 6.67. The van der Waals surface area contributed by atoms with E-state index in [0.717, 1.165) is 0 Å². The van der Waals surface area contributed by atoms with Gasteiger partial charge in [-0.1, -0.05) is 6.07 Å². The van der Waals surface area contributed by atoms with Gasteiger partial charge in [-0.25, -0.2) is 0 Å². The molecule has 5 atom stereocenters. The molecule has 27 heavy (non-hydrogen) atoms. The molecule has 0 amide bonds. The lowest BCUT2D eigenvalue weighted by Gasteiger charge is -2.40. The summed E-state index contributed by atoms with van der Waals surface area (Å²) in [6, 6.07) is 3.90. The number of carbonyl (C=O) groups is 1. The van der Waals surface area contributed by atoms with Crippen molar-refractivity contribution in [2.75, 3.05) is 11.9 Å². The zero-order chi connectivity index (χ0) is 19.9. The fraction of sp³-hybridized carbons (Fsp3) is 0.444. The topological polar surface area (TPSA) is 152 Å². The van der Waals surface area contributed by atoms with Crippen molar-refractivity contribution >= 4 is 22.4 Å². The van der Waals surface area contributed by atoms with E-state index in [9.17, 15) is 24.9 Å². The number of rotatable bonds is 4. The molecule has 9 nitrogen and oxygen atoms in total. The first-order valence-corrected chi connectivity index (χ1v) is 8.49. The van der Waals surface area contributed by atoms with Crippen LogP contribution in [0.1, 0.15) is 22.8 Å². The molecule has 1 aliphatic heterocycles. The van der Waals surface area contributed by atoms with E-state index < -0.39 is 42.8 Å². The number of carbonyl (C=O) groups excluding carboxylic acids is 1. The molecule has 1 aromatic heterocycles. The minimum atomic E-state index is -1.46. The summed E-state index contributed by atoms with van der Waals surface area (Å²) in [5.41, 5.74) is 1.10. The zero-order valence-corrected chi connectivity index (χ0v) is 14.8. The SMILES string of the molecule is CC(=O)c1c(C)c2ccc(N[C@@H]3C(O)OC(CO)[C@@H](O)C3O)cc2[nH]c1=O. The molecule has 9 heteroatoms. The number of aromatic amines is 1. The summed E-state index contributed by atoms with van der Waals surface area (Å²) in [6.07, 6.45) is -5.32. The number of aliphatic hydroxyl groups is 4. The zero-order valence-electron chi connectivity index (χ0n) is 14.8. The van der Waals surface area contributed by atoms with Crippen LogP contribution in [0.25, 0.3) is 10.9 Å². The van der Waals surface area contributed by atoms with E-state index in [4.69, 9.17) is 9.84 Å². The van der Waals surface area contributed by atoms with E-state index in [1.807, 2.05) is 0 Å². The number of pyridine rings is 1. The van der Waals surface area contributed by atoms with Crippen molar-refractivity contribution in [3.8, 4) is 0 Å². The summed E-state index contributed by atoms with van der Waals surface area (Å²) in [7, 11) is 0. The quantitative estimate of drug-likeness (QED) is 0.380. The second kappa shape index (κ2) is 7.37. The second-order valence-corrected chi connectivity index (χ2v) is 6.67. The number of aliphatic hydroxyl groups excluding tert-OH is 4. The molecule has 2 heterocycles. The van der Waals surface area contributed by atoms with Crippen molar-refractivity contribution in [2.24, 2.45) is 0 Å². The summed E-state index contributed by atoms with van der Waals surface area (Å²) in [4.78, 5) is 26.5. The van der Waals surface area contributed by atoms with E-state index in [1.54, 1.807) is 25.1 Å². The minimum absolute atomic E-state index is 0.105. The molecule has 6 N–H and O–H groups in total. The number of benzene rings is 1. The fourth-order valence-electron chi connectivity index (χ4n) is 3.42. The Morgan fingerprint density at radius 3 is 2.59 bits per heavy atom. The highest BCUT2D eigenvalue weighted by atomic mass is 16.6. The van der Waals surface area contributed by atoms with Gasteiger partial charge in [0, 0.05) is 11.1 Å². The van der Waals surface area contributed by atoms with Gasteiger partial charge in [0.25, 0.3) is 5.56 Å². The van der Waals surface area contributed by atoms with Crippen LogP contribution >= 0.6 is 0 Å². The number of H-pyrrole nitrogens is 1. The Labute approximate surface area is 154 Å². The van der Waals surface area contributed by atoms with Gasteiger partial charge in [0.15, 0.2) is 12.1 Å². The van der Waals surface area contributed by atoms with Gasteiger partial charge in [0.05, 0.1) is 17.7 Å². The average Bonchev–Trinajstić information content (AvgIpc) is 2.61. The Morgan fingerprint density at radius 2 is 1.96 bits per heavy atom. The number of ketones is 1. The summed E-state index contributed by atoms with van der Waals surface area (Å²) in [6.45, 7) is 2.47. The first kappa shape index (κ1) is 19.5. The van der Waals surface area contributed by atoms with Crippen LogP contribution in [0.15, 0.2) is 23.0 Å². The molecule has 1 aromatic carbocycles. The molecule has 0 saturated carbocycles. The number of aryl methyl sites for hydroxylation is 1. The van der Waals surface area contributed by atoms with Crippen LogP contribution < -0.4 is 10.9 Å². The lowest BCUT2D eigenvalue weighted by atomic mass is 9.96. The molecule has 1 aliphatic rings. The van der Waals surface area contributed by atoms with Crippen LogP contribution in [0.2, 0.25) is 0 Å². The number of anilines is 1. The number of aromatic nitrogens is 1. The van der Waals surface area contributed by atoms with Gasteiger partial charge in [-0.05, 0) is 31.5 Å². The maximum absolute atomic E-state index is 12.2. The van der Waals surface area contributed by atoms with Gasteiger partial charge in [-0.3, -0.25) is 9.59 Å². The van der Waals surface area contributed by atoms with Gasteiger partial charge in [-0.15, -0.1) is 0 Å². The maximum atomic E-state index is 12.2. The van der Waals surface area contributed by atoms with Crippen LogP contribution in [0, 0.1) is 6.92 Å². The molecule has 3 rings (SSSR count). The predicted octanol–water partition coefficient (Wildman–Crippen LogP) is -0.749. The third-order valence-corrected chi connectivity index (χ3v) is 4.86. The Morgan fingerprint density at radius 1 is 1.26 bits per heavy atom. The van der Waals surface area contributed by atoms with E-state index in [0.29, 0.717) is 22.2 Å². The normalized spacial score (nSPS) is 28.3. The molecule has 0 spiro atoms. The Kier molecular flexibility index (Phi) is 5.31. The summed E-state index contributed by atoms with van der Waals surface area (Å²) in [5.74, 6) is -0.323. The standard InChI is InChI=1S/C18H22N2O7/c1-7-10-4-3-9(5-11(10)20-17(25)13(7)8(2)22)19-14-16(24)15(23)12(6-21)27-18(14)26/h3-5,12,14-16,18-19,21,23-24,26H,6H2,1-2H3,(H,20,25)/t12?,14-,15+,16?,18?/m0/s1. The Bertz CT molecular complexity index is 926. The highest BCUT2D eigenvalue weighted by molar-refractivity contribution is 6.00. The predicted molar refractivity (Wildman–Crippen MR) is 96.7 cm³/mol. The van der Waals surface area contributed by atoms with Crippen molar-refractivity contribution in [1.82, 2.24) is 4.98 Å². The maximum Gasteiger partial charge on any atom is 0.259 e. The van der Waals surface area contributed by atoms with E-state index in [-0.39, 0.29) is 11.3 Å². The lowest BCUT2D eigenvalue weighted by molar-refractivity contribution is -0.245. The Balaban J connectivity index is 1.93. The molecule has 1 saturated heterocycles. The molecule has 0 bridgehead atoms. The van der Waals surface area contributed by atoms with Crippen molar-refractivity contribution in [2.45, 2.75) is 44.5 Å². The van der Waals surface area contributed by atoms with Gasteiger partial charge < -0.3 is 35.5 Å². The van der Waals surface area contributed by atoms with Crippen LogP contribution in [-0.4, -0.2) is 68.4 Å². The van der Waals surface area contributed by atoms with Gasteiger partial charge in [0.2, 0.25) is 0 Å². The third kappa shape index (κ3) is 3.47. The van der Waals surface area contributed by atoms with Crippen LogP contribution in [0.5, 0.6) is 0 Å². The van der Waals surface area contributed by atoms with Crippen molar-refractivity contribution < 1.29 is 30.0 Å². The molecule has 2 aromatic rings. The molecular formula is C18H22N2O7. The molecule has 146 valence electrons. The molecule has 0 radical (unpaired) electrons. The molecule has 0 aliphatic carbocycles. The minimum Gasteiger partial charge on any atom is -0.394 e. The van der Waals surface area contributed by atoms with Gasteiger partial charge in [0.1, 0.15) is 24.4 Å². The average molecular weight is 378 g/mol. The highest BCUT2D eigenvalue weighted by Crippen LogP contribution is 2.26. The van der Waals surface area contributed by atoms with Crippen molar-refractivity contribution in [3.05, 3.63) is 39.7 Å². The number of nitrogens with one attached hydrogen (secondary N) is 2. The fourth-order valence-corrected chi connectivity index (χ4v) is 3.42. The summed E-state index contributed by atoms with van der Waals surface area (Å²) in [5, 5.41) is 42.9. The summed E-state index contributed by atoms with van der Waals surface area (Å²) >= 11 is 0. The van der Waals surface area contributed by atoms with Crippen LogP contribution in [-0.2, 0) is 4.74 Å². The van der Waals surface area contributed by atoms with Crippen LogP contribution in [0.4, 0.5) is 5.69 Å². The van der Waals surface area contributed by atoms with E-state index in [2.05, 4.69) is 10.3 Å². The monoisotopic (exact) mass is 378 g/mol. The first-order chi connectivity index (χ1) is 12.7. The van der Waals surface area contributed by atoms with Crippen LogP contribution in [0.3, 0.4) is 0 Å². The van der Waals surface area contributed by atoms with Gasteiger partial charge in [-0.2, -0.15) is 0 Å². The molecule has 3 unspecified atom stereocenters. The van der Waals surface area contributed by atoms with Crippen molar-refractivity contribution in [1.29, 1.82) is 0 Å². The van der Waals surface area contributed by atoms with Crippen molar-refractivity contribution in [3.63, 3.8) is 0 Å². The molecular weight excluding hydrogens is 356 g/mol. The lowest BCUT2D eigenvalue weighted by Crippen LogP contribution is -2.61. The van der Waals surface area contributed by atoms with E-state index >= 15 is 0 Å². The Hall–Kier alpha value is -2.30. The van der Waals surface area contributed by atoms with E-state index in [1.165, 1.54) is 6.92 Å². The highest BCUT2D eigenvalue weighted by Gasteiger charge is 2.43. The number of fused-ring (bicyclic) bond motifs is 1. The number of ether oxygens (including phenoxy) is 1. The number of hydrogen-bond acceptors (Lipinski definition) is 8. The summed E-state index contributed by atoms with van der Waals surface area (Å²) < 4.78 is 5.11. The first-order valence-electron chi connectivity index (χ1n) is 8.49. The number of hydrogen-bond donors (Lipinski definition) is 6. The van der Waals surface area contributed by atoms with Gasteiger partial charge >= 0.3 is 0 Å². The molecule has 1 fully saturated rings. The smallest absolute Gasteiger partial charge is 0.259 e. The number of Topliss-reactive ketones (excluding diaryl/α,β-unsaturated/α-hetero) is 1. The largest absolute Gasteiger partial charge is 0.394 e.